The molecule has 0 radical (unpaired) electrons. The number of aryl methyl sites for hydroxylation is 2. The maximum absolute atomic E-state index is 10.7. The molecule has 0 heterocycles. The first-order valence-electron chi connectivity index (χ1n) is 5.47. The average molecular weight is 234 g/mol. The second kappa shape index (κ2) is 6.54. The second-order valence-electron chi connectivity index (χ2n) is 3.89. The predicted octanol–water partition coefficient (Wildman–Crippen LogP) is 3.99. The lowest BCUT2D eigenvalue weighted by molar-refractivity contribution is -0.109. The van der Waals surface area contributed by atoms with Crippen molar-refractivity contribution in [3.05, 3.63) is 41.0 Å². The van der Waals surface area contributed by atoms with Gasteiger partial charge in [0.2, 0.25) is 0 Å². The second-order valence-corrected chi connectivity index (χ2v) is 5.16. The summed E-state index contributed by atoms with van der Waals surface area (Å²) in [6.45, 7) is 5.82. The first-order valence-corrected chi connectivity index (χ1v) is 6.45. The van der Waals surface area contributed by atoms with Crippen molar-refractivity contribution in [3.8, 4) is 0 Å². The molecule has 0 saturated carbocycles. The maximum atomic E-state index is 10.7. The lowest BCUT2D eigenvalue weighted by Crippen LogP contribution is -1.85. The molecule has 0 aliphatic heterocycles. The van der Waals surface area contributed by atoms with Crippen molar-refractivity contribution in [1.82, 2.24) is 0 Å². The van der Waals surface area contributed by atoms with Crippen LogP contribution in [0.25, 0.3) is 6.08 Å². The number of carbonyl (C=O) groups excluding carboxylic acids is 1. The summed E-state index contributed by atoms with van der Waals surface area (Å²) in [6, 6.07) is 6.45. The van der Waals surface area contributed by atoms with E-state index in [1.165, 1.54) is 28.5 Å². The zero-order valence-corrected chi connectivity index (χ0v) is 10.9. The van der Waals surface area contributed by atoms with E-state index in [1.807, 2.05) is 0 Å². The van der Waals surface area contributed by atoms with Gasteiger partial charge < -0.3 is 0 Å². The van der Waals surface area contributed by atoms with E-state index in [-0.39, 0.29) is 5.12 Å². The van der Waals surface area contributed by atoms with Crippen LogP contribution in [0, 0.1) is 13.8 Å². The highest BCUT2D eigenvalue weighted by Crippen LogP contribution is 2.13. The Hall–Kier alpha value is -1.02. The molecule has 0 bridgehead atoms. The summed E-state index contributed by atoms with van der Waals surface area (Å²) in [5, 5.41) is 0.195. The number of carbonyl (C=O) groups is 1. The van der Waals surface area contributed by atoms with Gasteiger partial charge in [-0.15, -0.1) is 0 Å². The van der Waals surface area contributed by atoms with Crippen LogP contribution in [0.4, 0.5) is 0 Å². The van der Waals surface area contributed by atoms with Crippen molar-refractivity contribution in [2.75, 3.05) is 5.75 Å². The minimum atomic E-state index is 0.195. The van der Waals surface area contributed by atoms with Crippen molar-refractivity contribution in [3.63, 3.8) is 0 Å². The molecule has 0 unspecified atom stereocenters. The van der Waals surface area contributed by atoms with Gasteiger partial charge in [0.1, 0.15) is 0 Å². The normalized spacial score (nSPS) is 10.9. The van der Waals surface area contributed by atoms with E-state index in [9.17, 15) is 4.79 Å². The highest BCUT2D eigenvalue weighted by atomic mass is 32.2. The molecule has 2 heteroatoms. The zero-order valence-electron chi connectivity index (χ0n) is 10.1. The lowest BCUT2D eigenvalue weighted by Gasteiger charge is -2.01. The van der Waals surface area contributed by atoms with Crippen LogP contribution < -0.4 is 0 Å². The summed E-state index contributed by atoms with van der Waals surface area (Å²) in [7, 11) is 0. The Morgan fingerprint density at radius 2 is 2.12 bits per heavy atom. The molecule has 16 heavy (non-hydrogen) atoms. The fourth-order valence-corrected chi connectivity index (χ4v) is 1.96. The third-order valence-corrected chi connectivity index (χ3v) is 3.17. The molecule has 86 valence electrons. The SMILES string of the molecule is CC(=O)SCCC=Cc1cc(C)ccc1C. The molecule has 0 fully saturated rings. The van der Waals surface area contributed by atoms with Crippen LogP contribution in [0.5, 0.6) is 0 Å². The Morgan fingerprint density at radius 3 is 2.81 bits per heavy atom. The van der Waals surface area contributed by atoms with Crippen molar-refractivity contribution in [2.24, 2.45) is 0 Å². The predicted molar refractivity (Wildman–Crippen MR) is 72.7 cm³/mol. The van der Waals surface area contributed by atoms with E-state index < -0.39 is 0 Å². The molecule has 0 spiro atoms. The minimum absolute atomic E-state index is 0.195. The minimum Gasteiger partial charge on any atom is -0.288 e. The molecule has 0 aliphatic rings. The van der Waals surface area contributed by atoms with Crippen molar-refractivity contribution < 1.29 is 4.79 Å². The number of thioether (sulfide) groups is 1. The van der Waals surface area contributed by atoms with Gasteiger partial charge in [-0.05, 0) is 31.4 Å². The fraction of sp³-hybridized carbons (Fsp3) is 0.357. The molecule has 1 nitrogen and oxygen atoms in total. The summed E-state index contributed by atoms with van der Waals surface area (Å²) >= 11 is 1.38. The smallest absolute Gasteiger partial charge is 0.185 e. The zero-order chi connectivity index (χ0) is 12.0. The van der Waals surface area contributed by atoms with E-state index in [0.717, 1.165) is 12.2 Å². The van der Waals surface area contributed by atoms with E-state index in [4.69, 9.17) is 0 Å². The average Bonchev–Trinajstić information content (AvgIpc) is 2.22. The number of allylic oxidation sites excluding steroid dienone is 1. The third-order valence-electron chi connectivity index (χ3n) is 2.32. The maximum Gasteiger partial charge on any atom is 0.185 e. The number of hydrogen-bond acceptors (Lipinski definition) is 2. The Bertz CT molecular complexity index is 394. The highest BCUT2D eigenvalue weighted by Gasteiger charge is 1.94. The van der Waals surface area contributed by atoms with E-state index in [1.54, 1.807) is 6.92 Å². The molecule has 1 aromatic carbocycles. The molecule has 0 saturated heterocycles. The molecule has 0 amide bonds. The van der Waals surface area contributed by atoms with Gasteiger partial charge in [0.15, 0.2) is 5.12 Å². The summed E-state index contributed by atoms with van der Waals surface area (Å²) in [5.41, 5.74) is 3.84. The third kappa shape index (κ3) is 4.67. The molecular weight excluding hydrogens is 216 g/mol. The molecule has 0 atom stereocenters. The van der Waals surface area contributed by atoms with Crippen LogP contribution >= 0.6 is 11.8 Å². The molecule has 1 rings (SSSR count). The summed E-state index contributed by atoms with van der Waals surface area (Å²) in [6.07, 6.45) is 5.22. The van der Waals surface area contributed by atoms with Gasteiger partial charge in [-0.1, -0.05) is 47.7 Å². The fourth-order valence-electron chi connectivity index (χ4n) is 1.42. The van der Waals surface area contributed by atoms with Gasteiger partial charge >= 0.3 is 0 Å². The van der Waals surface area contributed by atoms with Crippen molar-refractivity contribution >= 4 is 23.0 Å². The topological polar surface area (TPSA) is 17.1 Å². The van der Waals surface area contributed by atoms with Crippen molar-refractivity contribution in [2.45, 2.75) is 27.2 Å². The largest absolute Gasteiger partial charge is 0.288 e. The summed E-state index contributed by atoms with van der Waals surface area (Å²) in [4.78, 5) is 10.7. The Morgan fingerprint density at radius 1 is 1.38 bits per heavy atom. The van der Waals surface area contributed by atoms with Crippen LogP contribution in [0.2, 0.25) is 0 Å². The van der Waals surface area contributed by atoms with Gasteiger partial charge in [-0.25, -0.2) is 0 Å². The molecule has 0 N–H and O–H groups in total. The van der Waals surface area contributed by atoms with Crippen LogP contribution in [0.15, 0.2) is 24.3 Å². The standard InChI is InChI=1S/C14H18OS/c1-11-7-8-12(2)14(10-11)6-4-5-9-16-13(3)15/h4,6-8,10H,5,9H2,1-3H3. The lowest BCUT2D eigenvalue weighted by atomic mass is 10.1. The van der Waals surface area contributed by atoms with E-state index in [2.05, 4.69) is 44.2 Å². The van der Waals surface area contributed by atoms with Gasteiger partial charge in [0.05, 0.1) is 0 Å². The van der Waals surface area contributed by atoms with Gasteiger partial charge in [0, 0.05) is 12.7 Å². The quantitative estimate of drug-likeness (QED) is 0.733. The Kier molecular flexibility index (Phi) is 5.33. The van der Waals surface area contributed by atoms with Crippen molar-refractivity contribution in [1.29, 1.82) is 0 Å². The molecule has 1 aromatic rings. The van der Waals surface area contributed by atoms with E-state index >= 15 is 0 Å². The van der Waals surface area contributed by atoms with Crippen LogP contribution in [-0.4, -0.2) is 10.9 Å². The van der Waals surface area contributed by atoms with Crippen LogP contribution in [0.1, 0.15) is 30.0 Å². The molecular formula is C14H18OS. The van der Waals surface area contributed by atoms with Crippen LogP contribution in [0.3, 0.4) is 0 Å². The monoisotopic (exact) mass is 234 g/mol. The number of rotatable bonds is 4. The first-order chi connectivity index (χ1) is 7.59. The van der Waals surface area contributed by atoms with Crippen LogP contribution in [-0.2, 0) is 4.79 Å². The summed E-state index contributed by atoms with van der Waals surface area (Å²) < 4.78 is 0. The van der Waals surface area contributed by atoms with Gasteiger partial charge in [-0.3, -0.25) is 4.79 Å². The van der Waals surface area contributed by atoms with Gasteiger partial charge in [0.25, 0.3) is 0 Å². The highest BCUT2D eigenvalue weighted by molar-refractivity contribution is 8.13. The molecule has 0 aromatic heterocycles. The van der Waals surface area contributed by atoms with E-state index in [0.29, 0.717) is 0 Å². The van der Waals surface area contributed by atoms with Gasteiger partial charge in [-0.2, -0.15) is 0 Å². The Balaban J connectivity index is 2.49. The summed E-state index contributed by atoms with van der Waals surface area (Å²) in [5.74, 6) is 0.872. The molecule has 0 aliphatic carbocycles. The first kappa shape index (κ1) is 13.0. The Labute approximate surface area is 102 Å². The number of benzene rings is 1. The number of hydrogen-bond donors (Lipinski definition) is 0.